The molecular weight excluding hydrogens is 170 g/mol. The molecule has 1 heterocycles. The quantitative estimate of drug-likeness (QED) is 0.543. The summed E-state index contributed by atoms with van der Waals surface area (Å²) in [6.07, 6.45) is 0.242. The van der Waals surface area contributed by atoms with Crippen LogP contribution in [0, 0.1) is 0 Å². The Balaban J connectivity index is 2.49. The summed E-state index contributed by atoms with van der Waals surface area (Å²) >= 11 is 0. The second kappa shape index (κ2) is 3.92. The summed E-state index contributed by atoms with van der Waals surface area (Å²) in [5, 5.41) is 28.0. The summed E-state index contributed by atoms with van der Waals surface area (Å²) in [6, 6.07) is 0.00132. The Labute approximate surface area is 78.8 Å². The van der Waals surface area contributed by atoms with Crippen LogP contribution in [-0.2, 0) is 0 Å². The van der Waals surface area contributed by atoms with E-state index in [1.54, 1.807) is 13.8 Å². The second-order valence-corrected chi connectivity index (χ2v) is 4.47. The number of hydrogen-bond acceptors (Lipinski definition) is 4. The first-order valence-corrected chi connectivity index (χ1v) is 4.68. The van der Waals surface area contributed by atoms with Gasteiger partial charge in [0.2, 0.25) is 0 Å². The van der Waals surface area contributed by atoms with Gasteiger partial charge in [0.05, 0.1) is 18.3 Å². The number of rotatable bonds is 3. The van der Waals surface area contributed by atoms with Crippen molar-refractivity contribution < 1.29 is 15.3 Å². The molecule has 4 heteroatoms. The van der Waals surface area contributed by atoms with Crippen molar-refractivity contribution in [2.24, 2.45) is 0 Å². The lowest BCUT2D eigenvalue weighted by Gasteiger charge is -2.29. The molecule has 78 valence electrons. The molecule has 1 rings (SSSR count). The van der Waals surface area contributed by atoms with E-state index in [1.165, 1.54) is 0 Å². The van der Waals surface area contributed by atoms with Crippen LogP contribution in [0.15, 0.2) is 0 Å². The molecule has 1 fully saturated rings. The number of β-amino-alcohol motifs (C(OH)–C–C–N with tert-alkyl or cyclic N) is 2. The summed E-state index contributed by atoms with van der Waals surface area (Å²) in [6.45, 7) is 4.55. The van der Waals surface area contributed by atoms with Gasteiger partial charge in [0.1, 0.15) is 0 Å². The predicted molar refractivity (Wildman–Crippen MR) is 49.4 cm³/mol. The number of likely N-dealkylation sites (tertiary alicyclic amines) is 1. The highest BCUT2D eigenvalue weighted by Crippen LogP contribution is 2.19. The molecule has 0 aromatic carbocycles. The Morgan fingerprint density at radius 2 is 2.08 bits per heavy atom. The van der Waals surface area contributed by atoms with Crippen molar-refractivity contribution in [3.05, 3.63) is 0 Å². The van der Waals surface area contributed by atoms with Crippen molar-refractivity contribution in [2.45, 2.75) is 38.0 Å². The molecule has 2 atom stereocenters. The molecule has 0 amide bonds. The minimum atomic E-state index is -0.766. The first-order chi connectivity index (χ1) is 5.92. The van der Waals surface area contributed by atoms with Crippen molar-refractivity contribution in [3.63, 3.8) is 0 Å². The average Bonchev–Trinajstić information content (AvgIpc) is 2.27. The van der Waals surface area contributed by atoms with Crippen LogP contribution in [0.3, 0.4) is 0 Å². The molecule has 3 N–H and O–H groups in total. The number of hydrogen-bond donors (Lipinski definition) is 3. The molecule has 4 nitrogen and oxygen atoms in total. The van der Waals surface area contributed by atoms with Gasteiger partial charge in [-0.3, -0.25) is 4.90 Å². The van der Waals surface area contributed by atoms with Crippen molar-refractivity contribution >= 4 is 0 Å². The van der Waals surface area contributed by atoms with E-state index in [1.807, 2.05) is 4.90 Å². The third-order valence-electron chi connectivity index (χ3n) is 2.31. The molecule has 13 heavy (non-hydrogen) atoms. The minimum Gasteiger partial charge on any atom is -0.395 e. The van der Waals surface area contributed by atoms with Crippen LogP contribution in [-0.4, -0.2) is 57.7 Å². The van der Waals surface area contributed by atoms with Gasteiger partial charge < -0.3 is 15.3 Å². The Bertz CT molecular complexity index is 167. The van der Waals surface area contributed by atoms with Gasteiger partial charge in [0.15, 0.2) is 0 Å². The maximum Gasteiger partial charge on any atom is 0.0718 e. The van der Waals surface area contributed by atoms with E-state index < -0.39 is 5.60 Å². The van der Waals surface area contributed by atoms with E-state index in [4.69, 9.17) is 5.11 Å². The normalized spacial score (nSPS) is 31.2. The summed E-state index contributed by atoms with van der Waals surface area (Å²) in [7, 11) is 0. The van der Waals surface area contributed by atoms with E-state index in [0.29, 0.717) is 19.5 Å². The van der Waals surface area contributed by atoms with Crippen molar-refractivity contribution in [1.82, 2.24) is 4.90 Å². The Morgan fingerprint density at radius 3 is 2.54 bits per heavy atom. The lowest BCUT2D eigenvalue weighted by molar-refractivity contribution is 0.0214. The fourth-order valence-electron chi connectivity index (χ4n) is 1.84. The third-order valence-corrected chi connectivity index (χ3v) is 2.31. The molecule has 0 aromatic heterocycles. The van der Waals surface area contributed by atoms with Crippen LogP contribution in [0.1, 0.15) is 20.3 Å². The molecule has 0 saturated carbocycles. The van der Waals surface area contributed by atoms with E-state index in [-0.39, 0.29) is 18.8 Å². The van der Waals surface area contributed by atoms with E-state index in [2.05, 4.69) is 0 Å². The molecule has 0 bridgehead atoms. The zero-order valence-electron chi connectivity index (χ0n) is 8.27. The fourth-order valence-corrected chi connectivity index (χ4v) is 1.84. The van der Waals surface area contributed by atoms with Crippen molar-refractivity contribution in [3.8, 4) is 0 Å². The summed E-state index contributed by atoms with van der Waals surface area (Å²) in [5.74, 6) is 0. The lowest BCUT2D eigenvalue weighted by Crippen LogP contribution is -2.42. The van der Waals surface area contributed by atoms with E-state index in [0.717, 1.165) is 0 Å². The van der Waals surface area contributed by atoms with Crippen LogP contribution in [0.5, 0.6) is 0 Å². The maximum atomic E-state index is 9.57. The van der Waals surface area contributed by atoms with Crippen molar-refractivity contribution in [1.29, 1.82) is 0 Å². The number of aliphatic hydroxyl groups excluding tert-OH is 2. The fraction of sp³-hybridized carbons (Fsp3) is 1.00. The second-order valence-electron chi connectivity index (χ2n) is 4.47. The SMILES string of the molecule is CC(C)(O)CN1CC(O)CC1CO. The van der Waals surface area contributed by atoms with Gasteiger partial charge in [-0.25, -0.2) is 0 Å². The van der Waals surface area contributed by atoms with Gasteiger partial charge in [-0.1, -0.05) is 0 Å². The zero-order valence-corrected chi connectivity index (χ0v) is 8.27. The molecule has 0 spiro atoms. The minimum absolute atomic E-state index is 0.00132. The predicted octanol–water partition coefficient (Wildman–Crippen LogP) is -0.815. The standard InChI is InChI=1S/C9H19NO3/c1-9(2,13)6-10-4-8(12)3-7(10)5-11/h7-8,11-13H,3-6H2,1-2H3. The van der Waals surface area contributed by atoms with Gasteiger partial charge in [-0.05, 0) is 20.3 Å². The highest BCUT2D eigenvalue weighted by atomic mass is 16.3. The van der Waals surface area contributed by atoms with Gasteiger partial charge in [-0.15, -0.1) is 0 Å². The highest BCUT2D eigenvalue weighted by Gasteiger charge is 2.33. The van der Waals surface area contributed by atoms with Crippen molar-refractivity contribution in [2.75, 3.05) is 19.7 Å². The van der Waals surface area contributed by atoms with Crippen LogP contribution in [0.25, 0.3) is 0 Å². The van der Waals surface area contributed by atoms with Gasteiger partial charge in [-0.2, -0.15) is 0 Å². The largest absolute Gasteiger partial charge is 0.395 e. The van der Waals surface area contributed by atoms with Crippen LogP contribution < -0.4 is 0 Å². The molecule has 0 radical (unpaired) electrons. The topological polar surface area (TPSA) is 63.9 Å². The maximum absolute atomic E-state index is 9.57. The molecular formula is C9H19NO3. The summed E-state index contributed by atoms with van der Waals surface area (Å²) in [5.41, 5.74) is -0.766. The Kier molecular flexibility index (Phi) is 3.29. The third kappa shape index (κ3) is 3.23. The molecule has 1 aliphatic heterocycles. The molecule has 0 aliphatic carbocycles. The van der Waals surface area contributed by atoms with Crippen LogP contribution in [0.2, 0.25) is 0 Å². The highest BCUT2D eigenvalue weighted by molar-refractivity contribution is 4.87. The summed E-state index contributed by atoms with van der Waals surface area (Å²) < 4.78 is 0. The van der Waals surface area contributed by atoms with Gasteiger partial charge in [0, 0.05) is 19.1 Å². The van der Waals surface area contributed by atoms with Crippen LogP contribution >= 0.6 is 0 Å². The molecule has 2 unspecified atom stereocenters. The van der Waals surface area contributed by atoms with Gasteiger partial charge in [0.25, 0.3) is 0 Å². The Morgan fingerprint density at radius 1 is 1.46 bits per heavy atom. The molecule has 1 aliphatic rings. The monoisotopic (exact) mass is 189 g/mol. The van der Waals surface area contributed by atoms with Crippen LogP contribution in [0.4, 0.5) is 0 Å². The zero-order chi connectivity index (χ0) is 10.1. The van der Waals surface area contributed by atoms with Gasteiger partial charge >= 0.3 is 0 Å². The number of aliphatic hydroxyl groups is 3. The Hall–Kier alpha value is -0.160. The van der Waals surface area contributed by atoms with E-state index >= 15 is 0 Å². The molecule has 1 saturated heterocycles. The number of nitrogens with zero attached hydrogens (tertiary/aromatic N) is 1. The lowest BCUT2D eigenvalue weighted by atomic mass is 10.1. The molecule has 0 aromatic rings. The smallest absolute Gasteiger partial charge is 0.0718 e. The first kappa shape index (κ1) is 10.9. The average molecular weight is 189 g/mol. The first-order valence-electron chi connectivity index (χ1n) is 4.68. The van der Waals surface area contributed by atoms with E-state index in [9.17, 15) is 10.2 Å². The summed E-state index contributed by atoms with van der Waals surface area (Å²) in [4.78, 5) is 1.94.